The quantitative estimate of drug-likeness (QED) is 0.732. The van der Waals surface area contributed by atoms with Crippen molar-refractivity contribution >= 4 is 24.4 Å². The molecule has 3 N–H and O–H groups in total. The highest BCUT2D eigenvalue weighted by molar-refractivity contribution is 7.72. The average molecular weight is 310 g/mol. The van der Waals surface area contributed by atoms with E-state index in [1.54, 1.807) is 0 Å². The van der Waals surface area contributed by atoms with E-state index in [0.29, 0.717) is 4.64 Å². The zero-order valence-electron chi connectivity index (χ0n) is 9.62. The molecule has 4 atom stereocenters. The number of ether oxygens (including phenoxy) is 1. The molecular formula is C10H12F2N2O3S2. The maximum atomic E-state index is 14.5. The monoisotopic (exact) mass is 310 g/mol. The first-order valence-electron chi connectivity index (χ1n) is 5.44. The maximum Gasteiger partial charge on any atom is 0.212 e. The summed E-state index contributed by atoms with van der Waals surface area (Å²) in [7, 11) is 0. The summed E-state index contributed by atoms with van der Waals surface area (Å²) < 4.78 is 34.2. The number of aromatic nitrogens is 2. The van der Waals surface area contributed by atoms with E-state index in [1.165, 1.54) is 12.3 Å². The summed E-state index contributed by atoms with van der Waals surface area (Å²) >= 11 is 9.82. The van der Waals surface area contributed by atoms with E-state index < -0.39 is 37.4 Å². The third-order valence-corrected chi connectivity index (χ3v) is 3.60. The van der Waals surface area contributed by atoms with Gasteiger partial charge in [-0.25, -0.2) is 8.78 Å². The number of rotatable bonds is 3. The van der Waals surface area contributed by atoms with Crippen LogP contribution >= 0.6 is 24.4 Å². The molecule has 1 aliphatic rings. The van der Waals surface area contributed by atoms with Crippen molar-refractivity contribution in [1.82, 2.24) is 9.55 Å². The largest absolute Gasteiger partial charge is 0.394 e. The van der Waals surface area contributed by atoms with Crippen LogP contribution in [0.1, 0.15) is 6.23 Å². The van der Waals surface area contributed by atoms with Crippen molar-refractivity contribution in [3.8, 4) is 0 Å². The second-order valence-electron chi connectivity index (χ2n) is 4.23. The Kier molecular flexibility index (Phi) is 4.11. The number of nitrogens with one attached hydrogen (secondary N) is 1. The van der Waals surface area contributed by atoms with Gasteiger partial charge in [0.1, 0.15) is 23.5 Å². The fraction of sp³-hybridized carbons (Fsp3) is 0.600. The number of halogens is 2. The second-order valence-corrected chi connectivity index (χ2v) is 5.06. The molecule has 1 aromatic rings. The predicted octanol–water partition coefficient (Wildman–Crippen LogP) is 1.20. The molecule has 0 bridgehead atoms. The van der Waals surface area contributed by atoms with Crippen LogP contribution in [0.25, 0.3) is 0 Å². The molecule has 1 fully saturated rings. The summed E-state index contributed by atoms with van der Waals surface area (Å²) in [6.45, 7) is -2.09. The molecule has 1 saturated heterocycles. The van der Waals surface area contributed by atoms with E-state index in [1.807, 2.05) is 0 Å². The molecule has 0 saturated carbocycles. The molecule has 106 valence electrons. The molecule has 0 amide bonds. The Balaban J connectivity index is 2.48. The lowest BCUT2D eigenvalue weighted by Crippen LogP contribution is -2.45. The molecule has 0 aromatic carbocycles. The summed E-state index contributed by atoms with van der Waals surface area (Å²) in [5, 5.41) is 18.7. The Morgan fingerprint density at radius 1 is 1.53 bits per heavy atom. The Morgan fingerprint density at radius 2 is 2.21 bits per heavy atom. The number of H-pyrrole nitrogens is 1. The van der Waals surface area contributed by atoms with Crippen LogP contribution in [0.3, 0.4) is 0 Å². The summed E-state index contributed by atoms with van der Waals surface area (Å²) in [5.41, 5.74) is -2.68. The molecule has 19 heavy (non-hydrogen) atoms. The maximum absolute atomic E-state index is 14.5. The van der Waals surface area contributed by atoms with Gasteiger partial charge in [0.15, 0.2) is 11.0 Å². The lowest BCUT2D eigenvalue weighted by atomic mass is 9.97. The normalized spacial score (nSPS) is 34.6. The summed E-state index contributed by atoms with van der Waals surface area (Å²) in [4.78, 5) is 2.60. The molecular weight excluding hydrogens is 298 g/mol. The number of aromatic amines is 1. The van der Waals surface area contributed by atoms with E-state index in [4.69, 9.17) is 34.3 Å². The smallest absolute Gasteiger partial charge is 0.212 e. The Bertz CT molecular complexity index is 578. The van der Waals surface area contributed by atoms with E-state index >= 15 is 0 Å². The van der Waals surface area contributed by atoms with Crippen molar-refractivity contribution in [2.24, 2.45) is 0 Å². The molecule has 0 radical (unpaired) electrons. The standard InChI is InChI=1S/C10H12F2N2O3S2/c11-4-10(12)7(16)5(3-15)17-8(10)14-2-1-6(18)13-9(14)19/h1-2,5,7-8,15-16H,3-4H2,(H,13,18,19). The second kappa shape index (κ2) is 5.33. The molecule has 2 rings (SSSR count). The van der Waals surface area contributed by atoms with Crippen LogP contribution in [0.4, 0.5) is 8.78 Å². The average Bonchev–Trinajstić information content (AvgIpc) is 2.63. The highest BCUT2D eigenvalue weighted by atomic mass is 32.1. The third kappa shape index (κ3) is 2.36. The number of hydrogen-bond acceptors (Lipinski definition) is 5. The van der Waals surface area contributed by atoms with Crippen molar-refractivity contribution in [3.05, 3.63) is 21.7 Å². The number of alkyl halides is 2. The van der Waals surface area contributed by atoms with Gasteiger partial charge in [0.2, 0.25) is 5.67 Å². The molecule has 2 heterocycles. The minimum atomic E-state index is -2.68. The van der Waals surface area contributed by atoms with E-state index in [2.05, 4.69) is 4.98 Å². The van der Waals surface area contributed by atoms with Crippen molar-refractivity contribution < 1.29 is 23.7 Å². The van der Waals surface area contributed by atoms with Gasteiger partial charge in [0.25, 0.3) is 0 Å². The van der Waals surface area contributed by atoms with Crippen LogP contribution in [0.5, 0.6) is 0 Å². The van der Waals surface area contributed by atoms with E-state index in [0.717, 1.165) is 4.57 Å². The number of hydrogen-bond donors (Lipinski definition) is 3. The highest BCUT2D eigenvalue weighted by Gasteiger charge is 2.58. The predicted molar refractivity (Wildman–Crippen MR) is 67.3 cm³/mol. The molecule has 0 aliphatic carbocycles. The van der Waals surface area contributed by atoms with Crippen molar-refractivity contribution in [2.45, 2.75) is 24.1 Å². The van der Waals surface area contributed by atoms with Crippen molar-refractivity contribution in [2.75, 3.05) is 13.3 Å². The fourth-order valence-electron chi connectivity index (χ4n) is 2.00. The summed E-state index contributed by atoms with van der Waals surface area (Å²) in [5.74, 6) is 0. The lowest BCUT2D eigenvalue weighted by Gasteiger charge is -2.26. The molecule has 9 heteroatoms. The van der Waals surface area contributed by atoms with Crippen LogP contribution in [0.15, 0.2) is 12.3 Å². The van der Waals surface area contributed by atoms with Crippen LogP contribution < -0.4 is 0 Å². The Labute approximate surface area is 117 Å². The van der Waals surface area contributed by atoms with Gasteiger partial charge < -0.3 is 19.9 Å². The fourth-order valence-corrected chi connectivity index (χ4v) is 2.49. The number of aliphatic hydroxyl groups is 2. The van der Waals surface area contributed by atoms with Crippen LogP contribution in [0.2, 0.25) is 0 Å². The highest BCUT2D eigenvalue weighted by Crippen LogP contribution is 2.41. The van der Waals surface area contributed by atoms with Crippen LogP contribution in [-0.2, 0) is 4.74 Å². The van der Waals surface area contributed by atoms with Crippen LogP contribution in [-0.4, -0.2) is 50.9 Å². The molecule has 1 aliphatic heterocycles. The van der Waals surface area contributed by atoms with Gasteiger partial charge in [-0.1, -0.05) is 12.2 Å². The minimum Gasteiger partial charge on any atom is -0.394 e. The SMILES string of the molecule is OCC1OC(n2ccc(=S)[nH]c2=S)C(F)(CF)C1O. The Morgan fingerprint density at radius 3 is 2.74 bits per heavy atom. The van der Waals surface area contributed by atoms with Gasteiger partial charge in [-0.2, -0.15) is 0 Å². The summed E-state index contributed by atoms with van der Waals surface area (Å²) in [6, 6.07) is 1.44. The topological polar surface area (TPSA) is 70.4 Å². The molecule has 5 nitrogen and oxygen atoms in total. The van der Waals surface area contributed by atoms with Gasteiger partial charge in [0, 0.05) is 6.20 Å². The van der Waals surface area contributed by atoms with Gasteiger partial charge >= 0.3 is 0 Å². The first kappa shape index (κ1) is 14.7. The van der Waals surface area contributed by atoms with Crippen molar-refractivity contribution in [1.29, 1.82) is 0 Å². The van der Waals surface area contributed by atoms with Crippen LogP contribution in [0, 0.1) is 9.41 Å². The van der Waals surface area contributed by atoms with Gasteiger partial charge in [-0.3, -0.25) is 4.57 Å². The number of aliphatic hydroxyl groups excluding tert-OH is 2. The zero-order chi connectivity index (χ0) is 14.2. The van der Waals surface area contributed by atoms with Gasteiger partial charge in [0.05, 0.1) is 6.61 Å². The van der Waals surface area contributed by atoms with E-state index in [-0.39, 0.29) is 4.77 Å². The molecule has 1 aromatic heterocycles. The first-order valence-corrected chi connectivity index (χ1v) is 6.26. The molecule has 0 spiro atoms. The van der Waals surface area contributed by atoms with E-state index in [9.17, 15) is 13.9 Å². The summed E-state index contributed by atoms with van der Waals surface area (Å²) in [6.07, 6.45) is -3.11. The van der Waals surface area contributed by atoms with Gasteiger partial charge in [-0.05, 0) is 18.3 Å². The number of nitrogens with zero attached hydrogens (tertiary/aromatic N) is 1. The lowest BCUT2D eigenvalue weighted by molar-refractivity contribution is -0.0724. The first-order chi connectivity index (χ1) is 8.93. The van der Waals surface area contributed by atoms with Crippen molar-refractivity contribution in [3.63, 3.8) is 0 Å². The van der Waals surface area contributed by atoms with Gasteiger partial charge in [-0.15, -0.1) is 0 Å². The Hall–Kier alpha value is -0.740. The molecule has 4 unspecified atom stereocenters. The zero-order valence-corrected chi connectivity index (χ0v) is 11.3. The minimum absolute atomic E-state index is 0.0405. The third-order valence-electron chi connectivity index (χ3n) is 3.05.